The molecule has 1 aromatic carbocycles. The van der Waals surface area contributed by atoms with Gasteiger partial charge in [0.25, 0.3) is 5.91 Å². The van der Waals surface area contributed by atoms with Crippen LogP contribution in [0.5, 0.6) is 0 Å². The lowest BCUT2D eigenvalue weighted by Gasteiger charge is -2.13. The van der Waals surface area contributed by atoms with E-state index < -0.39 is 35.7 Å². The van der Waals surface area contributed by atoms with Crippen molar-refractivity contribution in [2.45, 2.75) is 25.9 Å². The molecule has 0 unspecified atom stereocenters. The zero-order chi connectivity index (χ0) is 21.0. The number of carbonyl (C=O) groups is 4. The minimum absolute atomic E-state index is 0.0682. The summed E-state index contributed by atoms with van der Waals surface area (Å²) in [5, 5.41) is 6.53. The first-order chi connectivity index (χ1) is 13.9. The fraction of sp³-hybridized carbons (Fsp3) is 0.278. The number of anilines is 1. The van der Waals surface area contributed by atoms with Gasteiger partial charge in [0.2, 0.25) is 5.91 Å². The Morgan fingerprint density at radius 1 is 1.38 bits per heavy atom. The largest absolute Gasteiger partial charge is 0.461 e. The Morgan fingerprint density at radius 3 is 2.90 bits per heavy atom. The Kier molecular flexibility index (Phi) is 6.17. The van der Waals surface area contributed by atoms with Gasteiger partial charge in [-0.3, -0.25) is 14.5 Å². The van der Waals surface area contributed by atoms with Crippen LogP contribution in [0.3, 0.4) is 0 Å². The number of hydrogen-bond donors (Lipinski definition) is 2. The van der Waals surface area contributed by atoms with Gasteiger partial charge in [-0.05, 0) is 24.6 Å². The van der Waals surface area contributed by atoms with E-state index in [1.165, 1.54) is 23.6 Å². The van der Waals surface area contributed by atoms with Crippen LogP contribution < -0.4 is 10.6 Å². The molecule has 2 heterocycles. The molecule has 152 valence electrons. The van der Waals surface area contributed by atoms with E-state index in [0.717, 1.165) is 16.2 Å². The smallest absolute Gasteiger partial charge is 0.357 e. The summed E-state index contributed by atoms with van der Waals surface area (Å²) < 4.78 is 18.1. The molecular formula is C18H17FN4O5S. The second-order valence-electron chi connectivity index (χ2n) is 6.07. The minimum Gasteiger partial charge on any atom is -0.461 e. The van der Waals surface area contributed by atoms with Crippen molar-refractivity contribution in [3.05, 3.63) is 46.7 Å². The molecule has 1 atom stereocenters. The van der Waals surface area contributed by atoms with Crippen molar-refractivity contribution in [1.29, 1.82) is 0 Å². The third-order valence-corrected chi connectivity index (χ3v) is 4.72. The fourth-order valence-electron chi connectivity index (χ4n) is 2.67. The van der Waals surface area contributed by atoms with Gasteiger partial charge in [-0.1, -0.05) is 12.1 Å². The number of nitrogens with zero attached hydrogens (tertiary/aromatic N) is 2. The third kappa shape index (κ3) is 4.93. The Balaban J connectivity index is 1.57. The molecule has 1 fully saturated rings. The lowest BCUT2D eigenvalue weighted by Crippen LogP contribution is -2.34. The highest BCUT2D eigenvalue weighted by molar-refractivity contribution is 7.14. The van der Waals surface area contributed by atoms with Crippen LogP contribution in [-0.4, -0.2) is 46.3 Å². The Labute approximate surface area is 168 Å². The second kappa shape index (κ2) is 8.78. The van der Waals surface area contributed by atoms with E-state index in [1.807, 2.05) is 0 Å². The first-order valence-corrected chi connectivity index (χ1v) is 9.54. The number of carbonyl (C=O) groups excluding carboxylic acids is 4. The molecule has 2 aromatic rings. The van der Waals surface area contributed by atoms with Gasteiger partial charge in [0.1, 0.15) is 11.9 Å². The number of amides is 4. The Bertz CT molecular complexity index is 963. The van der Waals surface area contributed by atoms with Crippen molar-refractivity contribution in [2.24, 2.45) is 0 Å². The van der Waals surface area contributed by atoms with Crippen LogP contribution in [0.15, 0.2) is 29.6 Å². The van der Waals surface area contributed by atoms with Crippen molar-refractivity contribution in [3.63, 3.8) is 0 Å². The number of rotatable bonds is 7. The van der Waals surface area contributed by atoms with Crippen LogP contribution in [0.25, 0.3) is 0 Å². The molecule has 29 heavy (non-hydrogen) atoms. The number of imide groups is 1. The van der Waals surface area contributed by atoms with Gasteiger partial charge < -0.3 is 15.4 Å². The van der Waals surface area contributed by atoms with Crippen LogP contribution >= 0.6 is 11.3 Å². The maximum Gasteiger partial charge on any atom is 0.357 e. The van der Waals surface area contributed by atoms with Crippen molar-refractivity contribution in [2.75, 3.05) is 11.9 Å². The Hall–Kier alpha value is -3.34. The molecule has 1 aliphatic rings. The number of aromatic nitrogens is 1. The van der Waals surface area contributed by atoms with Gasteiger partial charge in [0.15, 0.2) is 10.8 Å². The van der Waals surface area contributed by atoms with Gasteiger partial charge in [0.05, 0.1) is 19.6 Å². The summed E-state index contributed by atoms with van der Waals surface area (Å²) >= 11 is 1.03. The van der Waals surface area contributed by atoms with E-state index in [4.69, 9.17) is 4.74 Å². The van der Waals surface area contributed by atoms with E-state index in [-0.39, 0.29) is 30.4 Å². The van der Waals surface area contributed by atoms with Gasteiger partial charge >= 0.3 is 12.0 Å². The number of nitrogens with one attached hydrogen (secondary N) is 2. The molecule has 0 spiro atoms. The lowest BCUT2D eigenvalue weighted by atomic mass is 10.1. The fourth-order valence-corrected chi connectivity index (χ4v) is 3.36. The van der Waals surface area contributed by atoms with Gasteiger partial charge in [0, 0.05) is 5.38 Å². The van der Waals surface area contributed by atoms with Crippen LogP contribution in [-0.2, 0) is 20.9 Å². The van der Waals surface area contributed by atoms with Crippen LogP contribution in [0.4, 0.5) is 14.3 Å². The van der Waals surface area contributed by atoms with Crippen molar-refractivity contribution < 1.29 is 28.3 Å². The highest BCUT2D eigenvalue weighted by Gasteiger charge is 2.39. The SMILES string of the molecule is CCOC(=O)c1csc(NC(=O)C[C@H]2NC(=O)N(Cc3cccc(F)c3)C2=O)n1. The predicted molar refractivity (Wildman–Crippen MR) is 101 cm³/mol. The molecule has 0 radical (unpaired) electrons. The standard InChI is InChI=1S/C18H17FN4O5S/c1-2-28-16(26)13-9-29-17(20-13)22-14(24)7-12-15(25)23(18(27)21-12)8-10-4-3-5-11(19)6-10/h3-6,9,12H,2,7-8H2,1H3,(H,21,27)(H,20,22,24)/t12-/m1/s1. The number of halogens is 1. The highest BCUT2D eigenvalue weighted by atomic mass is 32.1. The topological polar surface area (TPSA) is 118 Å². The summed E-state index contributed by atoms with van der Waals surface area (Å²) in [4.78, 5) is 53.2. The molecule has 11 heteroatoms. The number of hydrogen-bond acceptors (Lipinski definition) is 7. The van der Waals surface area contributed by atoms with Gasteiger partial charge in [-0.25, -0.2) is 19.0 Å². The maximum absolute atomic E-state index is 13.3. The van der Waals surface area contributed by atoms with E-state index in [2.05, 4.69) is 15.6 Å². The molecule has 9 nitrogen and oxygen atoms in total. The summed E-state index contributed by atoms with van der Waals surface area (Å²) in [6.45, 7) is 1.76. The molecule has 2 N–H and O–H groups in total. The van der Waals surface area contributed by atoms with Crippen molar-refractivity contribution in [3.8, 4) is 0 Å². The molecular weight excluding hydrogens is 403 g/mol. The number of esters is 1. The minimum atomic E-state index is -1.04. The van der Waals surface area contributed by atoms with Gasteiger partial charge in [-0.15, -0.1) is 11.3 Å². The zero-order valence-electron chi connectivity index (χ0n) is 15.3. The maximum atomic E-state index is 13.3. The molecule has 4 amide bonds. The summed E-state index contributed by atoms with van der Waals surface area (Å²) in [5.41, 5.74) is 0.520. The quantitative estimate of drug-likeness (QED) is 0.522. The van der Waals surface area contributed by atoms with Crippen LogP contribution in [0, 0.1) is 5.82 Å². The lowest BCUT2D eigenvalue weighted by molar-refractivity contribution is -0.130. The van der Waals surface area contributed by atoms with E-state index in [0.29, 0.717) is 5.56 Å². The average Bonchev–Trinajstić information content (AvgIpc) is 3.22. The van der Waals surface area contributed by atoms with Crippen LogP contribution in [0.1, 0.15) is 29.4 Å². The number of thiazole rings is 1. The average molecular weight is 420 g/mol. The molecule has 3 rings (SSSR count). The monoisotopic (exact) mass is 420 g/mol. The third-order valence-electron chi connectivity index (χ3n) is 3.96. The summed E-state index contributed by atoms with van der Waals surface area (Å²) in [5.74, 6) is -2.21. The highest BCUT2D eigenvalue weighted by Crippen LogP contribution is 2.18. The van der Waals surface area contributed by atoms with Crippen LogP contribution in [0.2, 0.25) is 0 Å². The molecule has 1 aliphatic heterocycles. The summed E-state index contributed by atoms with van der Waals surface area (Å²) in [7, 11) is 0. The van der Waals surface area contributed by atoms with E-state index in [9.17, 15) is 23.6 Å². The normalized spacial score (nSPS) is 15.9. The zero-order valence-corrected chi connectivity index (χ0v) is 16.1. The molecule has 0 saturated carbocycles. The molecule has 1 saturated heterocycles. The predicted octanol–water partition coefficient (Wildman–Crippen LogP) is 1.91. The number of ether oxygens (including phenoxy) is 1. The first kappa shape index (κ1) is 20.4. The molecule has 0 bridgehead atoms. The first-order valence-electron chi connectivity index (χ1n) is 8.66. The molecule has 1 aromatic heterocycles. The summed E-state index contributed by atoms with van der Waals surface area (Å²) in [6.07, 6.45) is -0.307. The second-order valence-corrected chi connectivity index (χ2v) is 6.93. The van der Waals surface area contributed by atoms with E-state index in [1.54, 1.807) is 13.0 Å². The van der Waals surface area contributed by atoms with Crippen molar-refractivity contribution in [1.82, 2.24) is 15.2 Å². The van der Waals surface area contributed by atoms with Gasteiger partial charge in [-0.2, -0.15) is 0 Å². The number of benzene rings is 1. The number of urea groups is 1. The Morgan fingerprint density at radius 2 is 2.17 bits per heavy atom. The molecule has 0 aliphatic carbocycles. The van der Waals surface area contributed by atoms with E-state index >= 15 is 0 Å². The van der Waals surface area contributed by atoms with Crippen molar-refractivity contribution >= 4 is 40.3 Å². The summed E-state index contributed by atoms with van der Waals surface area (Å²) in [6, 6.07) is 3.86.